The van der Waals surface area contributed by atoms with Gasteiger partial charge in [0.2, 0.25) is 5.91 Å². The SMILES string of the molecule is O=C(Cn1c(SCc2ccccc2Cl)nc2c(c1=O)CCC2)N1CCOCC1. The largest absolute Gasteiger partial charge is 0.378 e. The molecule has 2 aliphatic rings. The van der Waals surface area contributed by atoms with E-state index < -0.39 is 0 Å². The van der Waals surface area contributed by atoms with Crippen LogP contribution >= 0.6 is 23.4 Å². The lowest BCUT2D eigenvalue weighted by Gasteiger charge is -2.27. The first kappa shape index (κ1) is 19.5. The molecule has 8 heteroatoms. The number of rotatable bonds is 5. The van der Waals surface area contributed by atoms with Gasteiger partial charge in [-0.3, -0.25) is 14.2 Å². The minimum Gasteiger partial charge on any atom is -0.378 e. The van der Waals surface area contributed by atoms with Crippen molar-refractivity contribution >= 4 is 29.3 Å². The molecule has 0 bridgehead atoms. The highest BCUT2D eigenvalue weighted by Gasteiger charge is 2.24. The Bertz CT molecular complexity index is 941. The van der Waals surface area contributed by atoms with Crippen molar-refractivity contribution in [2.75, 3.05) is 26.3 Å². The van der Waals surface area contributed by atoms with Crippen LogP contribution in [0.3, 0.4) is 0 Å². The van der Waals surface area contributed by atoms with E-state index in [4.69, 9.17) is 21.3 Å². The Balaban J connectivity index is 1.61. The lowest BCUT2D eigenvalue weighted by molar-refractivity contribution is -0.136. The summed E-state index contributed by atoms with van der Waals surface area (Å²) in [5.41, 5.74) is 2.54. The minimum absolute atomic E-state index is 0.0178. The Morgan fingerprint density at radius 2 is 2.00 bits per heavy atom. The van der Waals surface area contributed by atoms with Crippen molar-refractivity contribution < 1.29 is 9.53 Å². The summed E-state index contributed by atoms with van der Waals surface area (Å²) in [4.78, 5) is 32.3. The van der Waals surface area contributed by atoms with E-state index in [9.17, 15) is 9.59 Å². The Kier molecular flexibility index (Phi) is 6.04. The second-order valence-electron chi connectivity index (χ2n) is 6.94. The molecular formula is C20H22ClN3O3S. The molecule has 6 nitrogen and oxygen atoms in total. The Labute approximate surface area is 172 Å². The van der Waals surface area contributed by atoms with E-state index in [0.29, 0.717) is 42.2 Å². The van der Waals surface area contributed by atoms with Crippen LogP contribution in [0.1, 0.15) is 23.2 Å². The van der Waals surface area contributed by atoms with Gasteiger partial charge in [-0.1, -0.05) is 41.6 Å². The minimum atomic E-state index is -0.0780. The molecule has 4 rings (SSSR count). The van der Waals surface area contributed by atoms with Crippen LogP contribution in [0, 0.1) is 0 Å². The highest BCUT2D eigenvalue weighted by Crippen LogP contribution is 2.27. The van der Waals surface area contributed by atoms with E-state index in [0.717, 1.165) is 36.1 Å². The zero-order chi connectivity index (χ0) is 19.5. The zero-order valence-corrected chi connectivity index (χ0v) is 17.1. The Hall–Kier alpha value is -1.83. The number of aromatic nitrogens is 2. The predicted molar refractivity (Wildman–Crippen MR) is 109 cm³/mol. The van der Waals surface area contributed by atoms with Crippen LogP contribution in [0.25, 0.3) is 0 Å². The number of morpholine rings is 1. The van der Waals surface area contributed by atoms with Gasteiger partial charge in [0, 0.05) is 29.4 Å². The molecule has 2 heterocycles. The maximum Gasteiger partial charge on any atom is 0.258 e. The zero-order valence-electron chi connectivity index (χ0n) is 15.5. The monoisotopic (exact) mass is 419 g/mol. The summed E-state index contributed by atoms with van der Waals surface area (Å²) in [6, 6.07) is 7.64. The second-order valence-corrected chi connectivity index (χ2v) is 8.29. The number of aryl methyl sites for hydroxylation is 1. The van der Waals surface area contributed by atoms with Gasteiger partial charge in [-0.25, -0.2) is 4.98 Å². The molecule has 0 saturated carbocycles. The van der Waals surface area contributed by atoms with Crippen molar-refractivity contribution in [2.24, 2.45) is 0 Å². The summed E-state index contributed by atoms with van der Waals surface area (Å²) in [5, 5.41) is 1.28. The van der Waals surface area contributed by atoms with Gasteiger partial charge < -0.3 is 9.64 Å². The number of halogens is 1. The summed E-state index contributed by atoms with van der Waals surface area (Å²) in [7, 11) is 0. The maximum atomic E-state index is 13.1. The number of carbonyl (C=O) groups excluding carboxylic acids is 1. The van der Waals surface area contributed by atoms with Crippen LogP contribution in [0.4, 0.5) is 0 Å². The van der Waals surface area contributed by atoms with Crippen LogP contribution in [-0.4, -0.2) is 46.7 Å². The number of hydrogen-bond acceptors (Lipinski definition) is 5. The van der Waals surface area contributed by atoms with Gasteiger partial charge in [0.1, 0.15) is 6.54 Å². The molecular weight excluding hydrogens is 398 g/mol. The summed E-state index contributed by atoms with van der Waals surface area (Å²) < 4.78 is 6.86. The van der Waals surface area contributed by atoms with Gasteiger partial charge in [0.05, 0.1) is 18.9 Å². The quantitative estimate of drug-likeness (QED) is 0.550. The number of nitrogens with zero attached hydrogens (tertiary/aromatic N) is 3. The first-order valence-corrected chi connectivity index (χ1v) is 10.8. The fourth-order valence-corrected chi connectivity index (χ4v) is 4.86. The van der Waals surface area contributed by atoms with E-state index in [1.165, 1.54) is 11.8 Å². The highest BCUT2D eigenvalue weighted by atomic mass is 35.5. The second kappa shape index (κ2) is 8.68. The molecule has 0 unspecified atom stereocenters. The lowest BCUT2D eigenvalue weighted by Crippen LogP contribution is -2.44. The maximum absolute atomic E-state index is 13.1. The normalized spacial score (nSPS) is 16.2. The van der Waals surface area contributed by atoms with Gasteiger partial charge >= 0.3 is 0 Å². The number of benzene rings is 1. The van der Waals surface area contributed by atoms with E-state index in [-0.39, 0.29) is 18.0 Å². The number of amides is 1. The molecule has 0 radical (unpaired) electrons. The molecule has 1 aliphatic carbocycles. The van der Waals surface area contributed by atoms with Crippen LogP contribution in [0.5, 0.6) is 0 Å². The van der Waals surface area contributed by atoms with Gasteiger partial charge in [-0.05, 0) is 30.9 Å². The van der Waals surface area contributed by atoms with E-state index in [1.807, 2.05) is 24.3 Å². The molecule has 1 fully saturated rings. The number of ether oxygens (including phenoxy) is 1. The number of thioether (sulfide) groups is 1. The van der Waals surface area contributed by atoms with Crippen molar-refractivity contribution in [3.05, 3.63) is 56.5 Å². The van der Waals surface area contributed by atoms with Crippen molar-refractivity contribution in [3.8, 4) is 0 Å². The third-order valence-corrected chi connectivity index (χ3v) is 6.52. The Morgan fingerprint density at radius 1 is 1.21 bits per heavy atom. The molecule has 1 aromatic heterocycles. The van der Waals surface area contributed by atoms with Crippen molar-refractivity contribution in [3.63, 3.8) is 0 Å². The molecule has 1 saturated heterocycles. The Morgan fingerprint density at radius 3 is 2.79 bits per heavy atom. The number of fused-ring (bicyclic) bond motifs is 1. The topological polar surface area (TPSA) is 64.4 Å². The van der Waals surface area contributed by atoms with Crippen LogP contribution in [0.2, 0.25) is 5.02 Å². The van der Waals surface area contributed by atoms with Gasteiger partial charge in [-0.15, -0.1) is 0 Å². The average Bonchev–Trinajstić information content (AvgIpc) is 3.19. The summed E-state index contributed by atoms with van der Waals surface area (Å²) in [5.74, 6) is 0.529. The molecule has 2 aromatic rings. The smallest absolute Gasteiger partial charge is 0.258 e. The summed E-state index contributed by atoms with van der Waals surface area (Å²) >= 11 is 7.72. The third-order valence-electron chi connectivity index (χ3n) is 5.13. The first-order chi connectivity index (χ1) is 13.6. The molecule has 1 amide bonds. The number of hydrogen-bond donors (Lipinski definition) is 0. The molecule has 0 atom stereocenters. The number of carbonyl (C=O) groups is 1. The van der Waals surface area contributed by atoms with Gasteiger partial charge in [0.15, 0.2) is 5.16 Å². The van der Waals surface area contributed by atoms with E-state index in [1.54, 1.807) is 9.47 Å². The van der Waals surface area contributed by atoms with Crippen LogP contribution in [-0.2, 0) is 34.7 Å². The third kappa shape index (κ3) is 4.11. The van der Waals surface area contributed by atoms with Gasteiger partial charge in [0.25, 0.3) is 5.56 Å². The molecule has 28 heavy (non-hydrogen) atoms. The van der Waals surface area contributed by atoms with Crippen molar-refractivity contribution in [1.29, 1.82) is 0 Å². The summed E-state index contributed by atoms with van der Waals surface area (Å²) in [6.07, 6.45) is 2.50. The predicted octanol–water partition coefficient (Wildman–Crippen LogP) is 2.54. The standard InChI is InChI=1S/C20H22ClN3O3S/c21-16-6-2-1-4-14(16)13-28-20-22-17-7-3-5-15(17)19(26)24(20)12-18(25)23-8-10-27-11-9-23/h1-2,4,6H,3,5,7-13H2. The highest BCUT2D eigenvalue weighted by molar-refractivity contribution is 7.98. The van der Waals surface area contributed by atoms with Crippen molar-refractivity contribution in [2.45, 2.75) is 36.7 Å². The molecule has 0 spiro atoms. The van der Waals surface area contributed by atoms with E-state index in [2.05, 4.69) is 0 Å². The van der Waals surface area contributed by atoms with E-state index >= 15 is 0 Å². The van der Waals surface area contributed by atoms with Crippen LogP contribution < -0.4 is 5.56 Å². The van der Waals surface area contributed by atoms with Crippen LogP contribution in [0.15, 0.2) is 34.2 Å². The average molecular weight is 420 g/mol. The molecule has 0 N–H and O–H groups in total. The first-order valence-electron chi connectivity index (χ1n) is 9.48. The summed E-state index contributed by atoms with van der Waals surface area (Å²) in [6.45, 7) is 2.22. The fraction of sp³-hybridized carbons (Fsp3) is 0.450. The lowest BCUT2D eigenvalue weighted by atomic mass is 10.2. The van der Waals surface area contributed by atoms with Gasteiger partial charge in [-0.2, -0.15) is 0 Å². The molecule has 1 aliphatic heterocycles. The fourth-order valence-electron chi connectivity index (χ4n) is 3.56. The van der Waals surface area contributed by atoms with Crippen molar-refractivity contribution in [1.82, 2.24) is 14.5 Å². The molecule has 1 aromatic carbocycles. The molecule has 148 valence electrons.